The minimum absolute atomic E-state index is 0.216. The summed E-state index contributed by atoms with van der Waals surface area (Å²) in [6, 6.07) is 10.0. The van der Waals surface area contributed by atoms with E-state index < -0.39 is 0 Å². The SMILES string of the molecule is CCn1c(CC(=O)Cc2ccsc2)nc2ccccc21. The fourth-order valence-corrected chi connectivity index (χ4v) is 3.14. The third kappa shape index (κ3) is 2.51. The van der Waals surface area contributed by atoms with E-state index in [1.165, 1.54) is 0 Å². The van der Waals surface area contributed by atoms with Crippen LogP contribution in [0.1, 0.15) is 18.3 Å². The van der Waals surface area contributed by atoms with Crippen LogP contribution in [0.2, 0.25) is 0 Å². The minimum atomic E-state index is 0.216. The van der Waals surface area contributed by atoms with Crippen LogP contribution in [0.4, 0.5) is 0 Å². The Hall–Kier alpha value is -1.94. The number of thiophene rings is 1. The molecule has 3 rings (SSSR count). The molecule has 0 aliphatic heterocycles. The lowest BCUT2D eigenvalue weighted by Gasteiger charge is -2.05. The summed E-state index contributed by atoms with van der Waals surface area (Å²) in [4.78, 5) is 16.8. The molecular weight excluding hydrogens is 268 g/mol. The molecule has 0 bridgehead atoms. The highest BCUT2D eigenvalue weighted by atomic mass is 32.1. The van der Waals surface area contributed by atoms with E-state index in [1.807, 2.05) is 35.0 Å². The molecule has 20 heavy (non-hydrogen) atoms. The smallest absolute Gasteiger partial charge is 0.144 e. The summed E-state index contributed by atoms with van der Waals surface area (Å²) in [5, 5.41) is 4.03. The Labute approximate surface area is 121 Å². The number of aryl methyl sites for hydroxylation is 1. The number of carbonyl (C=O) groups excluding carboxylic acids is 1. The number of ketones is 1. The van der Waals surface area contributed by atoms with Gasteiger partial charge in [-0.15, -0.1) is 0 Å². The second-order valence-electron chi connectivity index (χ2n) is 4.78. The Balaban J connectivity index is 1.85. The van der Waals surface area contributed by atoms with Crippen LogP contribution in [0.15, 0.2) is 41.1 Å². The van der Waals surface area contributed by atoms with Crippen LogP contribution in [0, 0.1) is 0 Å². The highest BCUT2D eigenvalue weighted by Gasteiger charge is 2.13. The van der Waals surface area contributed by atoms with Crippen molar-refractivity contribution in [1.82, 2.24) is 9.55 Å². The number of carbonyl (C=O) groups is 1. The van der Waals surface area contributed by atoms with E-state index >= 15 is 0 Å². The van der Waals surface area contributed by atoms with Crippen LogP contribution in [0.5, 0.6) is 0 Å². The van der Waals surface area contributed by atoms with Crippen molar-refractivity contribution in [2.45, 2.75) is 26.3 Å². The lowest BCUT2D eigenvalue weighted by atomic mass is 10.1. The average molecular weight is 284 g/mol. The average Bonchev–Trinajstić information content (AvgIpc) is 3.05. The van der Waals surface area contributed by atoms with Gasteiger partial charge in [0, 0.05) is 13.0 Å². The van der Waals surface area contributed by atoms with Gasteiger partial charge in [0.05, 0.1) is 17.5 Å². The van der Waals surface area contributed by atoms with Crippen molar-refractivity contribution in [2.24, 2.45) is 0 Å². The van der Waals surface area contributed by atoms with E-state index in [0.29, 0.717) is 12.8 Å². The summed E-state index contributed by atoms with van der Waals surface area (Å²) < 4.78 is 2.13. The second kappa shape index (κ2) is 5.59. The van der Waals surface area contributed by atoms with Crippen molar-refractivity contribution in [2.75, 3.05) is 0 Å². The zero-order valence-corrected chi connectivity index (χ0v) is 12.2. The molecule has 0 fully saturated rings. The van der Waals surface area contributed by atoms with Gasteiger partial charge in [-0.3, -0.25) is 4.79 Å². The van der Waals surface area contributed by atoms with Gasteiger partial charge in [0.15, 0.2) is 0 Å². The maximum Gasteiger partial charge on any atom is 0.144 e. The standard InChI is InChI=1S/C16H16N2OS/c1-2-18-15-6-4-3-5-14(15)17-16(18)10-13(19)9-12-7-8-20-11-12/h3-8,11H,2,9-10H2,1H3. The lowest BCUT2D eigenvalue weighted by molar-refractivity contribution is -0.117. The molecule has 0 saturated heterocycles. The Kier molecular flexibility index (Phi) is 3.65. The van der Waals surface area contributed by atoms with Crippen molar-refractivity contribution in [1.29, 1.82) is 0 Å². The van der Waals surface area contributed by atoms with E-state index in [-0.39, 0.29) is 5.78 Å². The number of para-hydroxylation sites is 2. The summed E-state index contributed by atoms with van der Waals surface area (Å²) in [6.45, 7) is 2.92. The fourth-order valence-electron chi connectivity index (χ4n) is 2.47. The van der Waals surface area contributed by atoms with Crippen LogP contribution in [0.25, 0.3) is 11.0 Å². The molecule has 3 nitrogen and oxygen atoms in total. The van der Waals surface area contributed by atoms with Crippen LogP contribution < -0.4 is 0 Å². The molecule has 2 aromatic heterocycles. The predicted octanol–water partition coefficient (Wildman–Crippen LogP) is 3.47. The maximum absolute atomic E-state index is 12.2. The van der Waals surface area contributed by atoms with Gasteiger partial charge in [-0.25, -0.2) is 4.98 Å². The highest BCUT2D eigenvalue weighted by molar-refractivity contribution is 7.08. The van der Waals surface area contributed by atoms with Crippen LogP contribution in [-0.2, 0) is 24.2 Å². The van der Waals surface area contributed by atoms with Gasteiger partial charge in [0.2, 0.25) is 0 Å². The van der Waals surface area contributed by atoms with Crippen molar-refractivity contribution >= 4 is 28.2 Å². The molecule has 3 aromatic rings. The normalized spacial score (nSPS) is 11.1. The van der Waals surface area contributed by atoms with Crippen molar-refractivity contribution in [3.63, 3.8) is 0 Å². The largest absolute Gasteiger partial charge is 0.328 e. The van der Waals surface area contributed by atoms with Crippen molar-refractivity contribution in [3.8, 4) is 0 Å². The summed E-state index contributed by atoms with van der Waals surface area (Å²) in [5.41, 5.74) is 3.17. The topological polar surface area (TPSA) is 34.9 Å². The summed E-state index contributed by atoms with van der Waals surface area (Å²) >= 11 is 1.63. The van der Waals surface area contributed by atoms with Gasteiger partial charge in [-0.2, -0.15) is 11.3 Å². The van der Waals surface area contributed by atoms with E-state index in [1.54, 1.807) is 11.3 Å². The molecule has 4 heteroatoms. The number of aromatic nitrogens is 2. The molecule has 1 aromatic carbocycles. The molecule has 102 valence electrons. The minimum Gasteiger partial charge on any atom is -0.328 e. The summed E-state index contributed by atoms with van der Waals surface area (Å²) in [7, 11) is 0. The van der Waals surface area contributed by atoms with Crippen LogP contribution in [-0.4, -0.2) is 15.3 Å². The highest BCUT2D eigenvalue weighted by Crippen LogP contribution is 2.17. The van der Waals surface area contributed by atoms with E-state index in [4.69, 9.17) is 0 Å². The molecule has 0 aliphatic rings. The van der Waals surface area contributed by atoms with Gasteiger partial charge in [-0.05, 0) is 41.4 Å². The third-order valence-electron chi connectivity index (χ3n) is 3.39. The van der Waals surface area contributed by atoms with E-state index in [9.17, 15) is 4.79 Å². The Morgan fingerprint density at radius 2 is 2.10 bits per heavy atom. The van der Waals surface area contributed by atoms with Crippen molar-refractivity contribution < 1.29 is 4.79 Å². The molecule has 0 unspecified atom stereocenters. The Bertz CT molecular complexity index is 728. The van der Waals surface area contributed by atoms with Crippen LogP contribution >= 0.6 is 11.3 Å². The second-order valence-corrected chi connectivity index (χ2v) is 5.56. The first-order valence-corrected chi connectivity index (χ1v) is 7.69. The van der Waals surface area contributed by atoms with Crippen LogP contribution in [0.3, 0.4) is 0 Å². The molecule has 0 spiro atoms. The van der Waals surface area contributed by atoms with Gasteiger partial charge >= 0.3 is 0 Å². The first-order valence-electron chi connectivity index (χ1n) is 6.75. The molecule has 0 radical (unpaired) electrons. The third-order valence-corrected chi connectivity index (χ3v) is 4.12. The van der Waals surface area contributed by atoms with Gasteiger partial charge in [-0.1, -0.05) is 12.1 Å². The zero-order chi connectivity index (χ0) is 13.9. The van der Waals surface area contributed by atoms with Crippen molar-refractivity contribution in [3.05, 3.63) is 52.5 Å². The molecule has 0 atom stereocenters. The predicted molar refractivity (Wildman–Crippen MR) is 82.1 cm³/mol. The number of nitrogens with zero attached hydrogens (tertiary/aromatic N) is 2. The lowest BCUT2D eigenvalue weighted by Crippen LogP contribution is -2.11. The number of benzene rings is 1. The number of hydrogen-bond donors (Lipinski definition) is 0. The van der Waals surface area contributed by atoms with E-state index in [2.05, 4.69) is 22.5 Å². The molecule has 0 saturated carbocycles. The van der Waals surface area contributed by atoms with Gasteiger partial charge in [0.25, 0.3) is 0 Å². The molecular formula is C16H16N2OS. The number of Topliss-reactive ketones (excluding diaryl/α,β-unsaturated/α-hetero) is 1. The number of hydrogen-bond acceptors (Lipinski definition) is 3. The van der Waals surface area contributed by atoms with Gasteiger partial charge < -0.3 is 4.57 Å². The molecule has 2 heterocycles. The monoisotopic (exact) mass is 284 g/mol. The van der Waals surface area contributed by atoms with Gasteiger partial charge in [0.1, 0.15) is 11.6 Å². The number of rotatable bonds is 5. The zero-order valence-electron chi connectivity index (χ0n) is 11.4. The molecule has 0 N–H and O–H groups in total. The number of fused-ring (bicyclic) bond motifs is 1. The molecule has 0 aliphatic carbocycles. The fraction of sp³-hybridized carbons (Fsp3) is 0.250. The quantitative estimate of drug-likeness (QED) is 0.719. The first-order chi connectivity index (χ1) is 9.78. The maximum atomic E-state index is 12.2. The summed E-state index contributed by atoms with van der Waals surface area (Å²) in [5.74, 6) is 1.09. The summed E-state index contributed by atoms with van der Waals surface area (Å²) in [6.07, 6.45) is 0.898. The Morgan fingerprint density at radius 3 is 2.85 bits per heavy atom. The molecule has 0 amide bonds. The number of imidazole rings is 1. The van der Waals surface area contributed by atoms with E-state index in [0.717, 1.165) is 29.0 Å². The Morgan fingerprint density at radius 1 is 1.25 bits per heavy atom. The first kappa shape index (κ1) is 13.1.